The molecule has 0 saturated carbocycles. The van der Waals surface area contributed by atoms with Crippen molar-refractivity contribution < 1.29 is 13.2 Å². The van der Waals surface area contributed by atoms with Crippen LogP contribution in [0, 0.1) is 0 Å². The summed E-state index contributed by atoms with van der Waals surface area (Å²) in [6.45, 7) is 1.99. The lowest BCUT2D eigenvalue weighted by Crippen LogP contribution is -2.04. The van der Waals surface area contributed by atoms with Crippen molar-refractivity contribution >= 4 is 11.6 Å². The van der Waals surface area contributed by atoms with Crippen molar-refractivity contribution in [1.82, 2.24) is 0 Å². The molecule has 0 aliphatic rings. The maximum absolute atomic E-state index is 12.2. The van der Waals surface area contributed by atoms with Gasteiger partial charge in [-0.2, -0.15) is 13.2 Å². The highest BCUT2D eigenvalue weighted by Crippen LogP contribution is 2.31. The number of benzene rings is 1. The highest BCUT2D eigenvalue weighted by Gasteiger charge is 2.30. The molecule has 1 aromatic rings. The van der Waals surface area contributed by atoms with Crippen molar-refractivity contribution in [3.8, 4) is 0 Å². The highest BCUT2D eigenvalue weighted by molar-refractivity contribution is 6.20. The molecule has 0 bridgehead atoms. The van der Waals surface area contributed by atoms with Gasteiger partial charge in [-0.25, -0.2) is 0 Å². The van der Waals surface area contributed by atoms with Crippen LogP contribution in [-0.4, -0.2) is 0 Å². The molecule has 0 amide bonds. The molecule has 0 aliphatic heterocycles. The Morgan fingerprint density at radius 1 is 1.20 bits per heavy atom. The molecule has 0 fully saturated rings. The Hall–Kier alpha value is -0.700. The van der Waals surface area contributed by atoms with Crippen LogP contribution in [0.2, 0.25) is 0 Å². The van der Waals surface area contributed by atoms with Crippen molar-refractivity contribution in [2.24, 2.45) is 0 Å². The zero-order valence-electron chi connectivity index (χ0n) is 8.31. The van der Waals surface area contributed by atoms with E-state index in [1.54, 1.807) is 0 Å². The summed E-state index contributed by atoms with van der Waals surface area (Å²) >= 11 is 5.99. The zero-order chi connectivity index (χ0) is 11.5. The van der Waals surface area contributed by atoms with E-state index in [2.05, 4.69) is 0 Å². The molecule has 1 aromatic carbocycles. The van der Waals surface area contributed by atoms with Gasteiger partial charge in [-0.1, -0.05) is 25.5 Å². The largest absolute Gasteiger partial charge is 0.416 e. The summed E-state index contributed by atoms with van der Waals surface area (Å²) in [4.78, 5) is 0. The van der Waals surface area contributed by atoms with Gasteiger partial charge in [-0.05, 0) is 24.1 Å². The topological polar surface area (TPSA) is 0 Å². The van der Waals surface area contributed by atoms with Crippen LogP contribution in [0.4, 0.5) is 13.2 Å². The van der Waals surface area contributed by atoms with E-state index in [0.29, 0.717) is 0 Å². The molecule has 0 aliphatic carbocycles. The van der Waals surface area contributed by atoms with Crippen LogP contribution in [0.1, 0.15) is 36.3 Å². The summed E-state index contributed by atoms with van der Waals surface area (Å²) < 4.78 is 36.7. The average Bonchev–Trinajstić information content (AvgIpc) is 2.17. The van der Waals surface area contributed by atoms with Crippen molar-refractivity contribution in [2.75, 3.05) is 0 Å². The van der Waals surface area contributed by atoms with Crippen LogP contribution in [-0.2, 0) is 6.18 Å². The Balaban J connectivity index is 2.81. The molecule has 0 saturated heterocycles. The van der Waals surface area contributed by atoms with Crippen LogP contribution in [0.5, 0.6) is 0 Å². The van der Waals surface area contributed by atoms with Crippen molar-refractivity contribution in [1.29, 1.82) is 0 Å². The lowest BCUT2D eigenvalue weighted by atomic mass is 10.1. The molecular weight excluding hydrogens is 225 g/mol. The summed E-state index contributed by atoms with van der Waals surface area (Å²) in [5, 5.41) is -0.197. The Morgan fingerprint density at radius 3 is 2.13 bits per heavy atom. The Labute approximate surface area is 92.1 Å². The quantitative estimate of drug-likeness (QED) is 0.662. The number of rotatable bonds is 3. The molecule has 1 atom stereocenters. The Morgan fingerprint density at radius 2 is 1.73 bits per heavy atom. The normalized spacial score (nSPS) is 13.9. The second-order valence-corrected chi connectivity index (χ2v) is 3.90. The molecule has 0 aromatic heterocycles. The minimum Gasteiger partial charge on any atom is -0.166 e. The summed E-state index contributed by atoms with van der Waals surface area (Å²) in [6.07, 6.45) is -2.59. The summed E-state index contributed by atoms with van der Waals surface area (Å²) in [5.74, 6) is 0. The minimum absolute atomic E-state index is 0.197. The number of halogens is 4. The van der Waals surface area contributed by atoms with E-state index in [9.17, 15) is 13.2 Å². The second kappa shape index (κ2) is 4.88. The summed E-state index contributed by atoms with van der Waals surface area (Å²) in [7, 11) is 0. The highest BCUT2D eigenvalue weighted by atomic mass is 35.5. The van der Waals surface area contributed by atoms with Gasteiger partial charge in [0.25, 0.3) is 0 Å². The van der Waals surface area contributed by atoms with Gasteiger partial charge in [0.2, 0.25) is 0 Å². The standard InChI is InChI=1S/C11H12ClF3/c1-2-3-10(12)8-4-6-9(7-5-8)11(13,14)15/h4-7,10H,2-3H2,1H3. The van der Waals surface area contributed by atoms with E-state index in [1.807, 2.05) is 6.92 Å². The first-order chi connectivity index (χ1) is 6.95. The first-order valence-electron chi connectivity index (χ1n) is 4.76. The van der Waals surface area contributed by atoms with Gasteiger partial charge >= 0.3 is 6.18 Å². The zero-order valence-corrected chi connectivity index (χ0v) is 9.07. The van der Waals surface area contributed by atoms with Crippen LogP contribution in [0.3, 0.4) is 0 Å². The van der Waals surface area contributed by atoms with E-state index in [4.69, 9.17) is 11.6 Å². The van der Waals surface area contributed by atoms with Crippen LogP contribution < -0.4 is 0 Å². The Bertz CT molecular complexity index is 303. The molecule has 1 unspecified atom stereocenters. The molecule has 0 nitrogen and oxygen atoms in total. The second-order valence-electron chi connectivity index (χ2n) is 3.38. The van der Waals surface area contributed by atoms with Crippen molar-refractivity contribution in [3.05, 3.63) is 35.4 Å². The third kappa shape index (κ3) is 3.42. The smallest absolute Gasteiger partial charge is 0.166 e. The fraction of sp³-hybridized carbons (Fsp3) is 0.455. The van der Waals surface area contributed by atoms with E-state index in [0.717, 1.165) is 30.5 Å². The maximum Gasteiger partial charge on any atom is 0.416 e. The van der Waals surface area contributed by atoms with Crippen LogP contribution >= 0.6 is 11.6 Å². The van der Waals surface area contributed by atoms with E-state index >= 15 is 0 Å². The molecule has 0 spiro atoms. The van der Waals surface area contributed by atoms with Gasteiger partial charge in [-0.3, -0.25) is 0 Å². The SMILES string of the molecule is CCCC(Cl)c1ccc(C(F)(F)F)cc1. The monoisotopic (exact) mass is 236 g/mol. The predicted octanol–water partition coefficient (Wildman–Crippen LogP) is 4.79. The van der Waals surface area contributed by atoms with Gasteiger partial charge in [0.1, 0.15) is 0 Å². The third-order valence-electron chi connectivity index (χ3n) is 2.14. The van der Waals surface area contributed by atoms with Crippen LogP contribution in [0.25, 0.3) is 0 Å². The van der Waals surface area contributed by atoms with Crippen LogP contribution in [0.15, 0.2) is 24.3 Å². The molecule has 84 valence electrons. The van der Waals surface area contributed by atoms with E-state index in [-0.39, 0.29) is 5.38 Å². The molecular formula is C11H12ClF3. The van der Waals surface area contributed by atoms with E-state index in [1.165, 1.54) is 12.1 Å². The van der Waals surface area contributed by atoms with Crippen molar-refractivity contribution in [3.63, 3.8) is 0 Å². The van der Waals surface area contributed by atoms with E-state index < -0.39 is 11.7 Å². The van der Waals surface area contributed by atoms with Crippen molar-refractivity contribution in [2.45, 2.75) is 31.3 Å². The summed E-state index contributed by atoms with van der Waals surface area (Å²) in [5.41, 5.74) is 0.109. The lowest BCUT2D eigenvalue weighted by molar-refractivity contribution is -0.137. The fourth-order valence-electron chi connectivity index (χ4n) is 1.30. The summed E-state index contributed by atoms with van der Waals surface area (Å²) in [6, 6.07) is 5.02. The number of alkyl halides is 4. The lowest BCUT2D eigenvalue weighted by Gasteiger charge is -2.10. The fourth-order valence-corrected chi connectivity index (χ4v) is 1.66. The van der Waals surface area contributed by atoms with Gasteiger partial charge in [0, 0.05) is 0 Å². The Kier molecular flexibility index (Phi) is 4.03. The molecule has 1 rings (SSSR count). The first kappa shape index (κ1) is 12.4. The molecule has 0 heterocycles. The number of hydrogen-bond donors (Lipinski definition) is 0. The molecule has 15 heavy (non-hydrogen) atoms. The first-order valence-corrected chi connectivity index (χ1v) is 5.20. The molecule has 0 N–H and O–H groups in total. The van der Waals surface area contributed by atoms with Gasteiger partial charge in [0.05, 0.1) is 10.9 Å². The maximum atomic E-state index is 12.2. The van der Waals surface area contributed by atoms with Gasteiger partial charge in [0.15, 0.2) is 0 Å². The molecule has 0 radical (unpaired) electrons. The molecule has 4 heteroatoms. The third-order valence-corrected chi connectivity index (χ3v) is 2.61. The van der Waals surface area contributed by atoms with Gasteiger partial charge < -0.3 is 0 Å². The predicted molar refractivity (Wildman–Crippen MR) is 54.9 cm³/mol. The average molecular weight is 237 g/mol. The minimum atomic E-state index is -4.27. The van der Waals surface area contributed by atoms with Gasteiger partial charge in [-0.15, -0.1) is 11.6 Å². The number of hydrogen-bond acceptors (Lipinski definition) is 0.